The van der Waals surface area contributed by atoms with Gasteiger partial charge in [-0.05, 0) is 17.5 Å². The van der Waals surface area contributed by atoms with Gasteiger partial charge in [0.05, 0.1) is 0 Å². The molecule has 0 atom stereocenters. The highest BCUT2D eigenvalue weighted by molar-refractivity contribution is 6.58. The third-order valence-corrected chi connectivity index (χ3v) is 1.88. The molecule has 0 amide bonds. The Morgan fingerprint density at radius 2 is 2.27 bits per heavy atom. The minimum Gasteiger partial charge on any atom is -0.428 e. The quantitative estimate of drug-likeness (QED) is 0.548. The van der Waals surface area contributed by atoms with E-state index in [1.165, 1.54) is 0 Å². The maximum atomic E-state index is 9.53. The van der Waals surface area contributed by atoms with E-state index in [1.54, 1.807) is 18.4 Å². The van der Waals surface area contributed by atoms with Crippen molar-refractivity contribution in [3.05, 3.63) is 35.9 Å². The van der Waals surface area contributed by atoms with E-state index in [0.29, 0.717) is 0 Å². The van der Waals surface area contributed by atoms with Crippen LogP contribution < -0.4 is 5.34 Å². The molecule has 2 N–H and O–H groups in total. The summed E-state index contributed by atoms with van der Waals surface area (Å²) in [5.41, 5.74) is 1.90. The smallest absolute Gasteiger partial charge is 0.428 e. The summed E-state index contributed by atoms with van der Waals surface area (Å²) >= 11 is 0. The summed E-state index contributed by atoms with van der Waals surface area (Å²) in [6, 6.07) is 0. The molecule has 15 heavy (non-hydrogen) atoms. The second-order valence-corrected chi connectivity index (χ2v) is 2.72. The number of allylic oxidation sites excluding steroid dienone is 5. The molecule has 0 aromatic heterocycles. The molecule has 0 saturated heterocycles. The summed E-state index contributed by atoms with van der Waals surface area (Å²) < 4.78 is 0. The van der Waals surface area contributed by atoms with Gasteiger partial charge in [-0.2, -0.15) is 5.10 Å². The first-order valence-corrected chi connectivity index (χ1v) is 5.28. The van der Waals surface area contributed by atoms with Crippen LogP contribution in [0.5, 0.6) is 0 Å². The number of hydrogen-bond donors (Lipinski definition) is 2. The van der Waals surface area contributed by atoms with Crippen LogP contribution in [0.3, 0.4) is 0 Å². The molecule has 0 aromatic carbocycles. The Hall–Kier alpha value is -1.29. The summed E-state index contributed by atoms with van der Waals surface area (Å²) in [6.07, 6.45) is 7.91. The second-order valence-electron chi connectivity index (χ2n) is 2.72. The number of rotatable bonds is 3. The number of nitrogens with zero attached hydrogens (tertiary/aromatic N) is 1. The Morgan fingerprint density at radius 3 is 2.80 bits per heavy atom. The van der Waals surface area contributed by atoms with Crippen molar-refractivity contribution < 1.29 is 5.02 Å². The average Bonchev–Trinajstić information content (AvgIpc) is 2.30. The summed E-state index contributed by atoms with van der Waals surface area (Å²) in [5, 5.41) is 15.9. The minimum atomic E-state index is -0.698. The SMILES string of the molecule is C=C/C=C\C1=C(CC)C=NNB1O.CC. The molecule has 0 fully saturated rings. The molecule has 0 unspecified atom stereocenters. The van der Waals surface area contributed by atoms with Gasteiger partial charge in [0.2, 0.25) is 0 Å². The lowest BCUT2D eigenvalue weighted by atomic mass is 9.70. The summed E-state index contributed by atoms with van der Waals surface area (Å²) in [4.78, 5) is 0. The van der Waals surface area contributed by atoms with Crippen LogP contribution >= 0.6 is 0 Å². The summed E-state index contributed by atoms with van der Waals surface area (Å²) in [7, 11) is -0.698. The summed E-state index contributed by atoms with van der Waals surface area (Å²) in [6.45, 7) is 9.60. The predicted octanol–water partition coefficient (Wildman–Crippen LogP) is 2.07. The number of hydrogen-bond acceptors (Lipinski definition) is 3. The third kappa shape index (κ3) is 4.17. The second kappa shape index (κ2) is 8.06. The first-order chi connectivity index (χ1) is 7.29. The zero-order chi connectivity index (χ0) is 11.7. The van der Waals surface area contributed by atoms with Crippen molar-refractivity contribution in [2.24, 2.45) is 5.10 Å². The fourth-order valence-corrected chi connectivity index (χ4v) is 1.17. The van der Waals surface area contributed by atoms with Gasteiger partial charge in [0.25, 0.3) is 0 Å². The van der Waals surface area contributed by atoms with Crippen LogP contribution in [0.1, 0.15) is 27.2 Å². The van der Waals surface area contributed by atoms with Crippen LogP contribution in [-0.4, -0.2) is 18.3 Å². The van der Waals surface area contributed by atoms with E-state index < -0.39 is 7.05 Å². The van der Waals surface area contributed by atoms with Crippen molar-refractivity contribution in [1.82, 2.24) is 5.34 Å². The molecule has 1 heterocycles. The number of hydrazone groups is 1. The molecule has 3 nitrogen and oxygen atoms in total. The highest BCUT2D eigenvalue weighted by Crippen LogP contribution is 2.12. The Morgan fingerprint density at radius 1 is 1.60 bits per heavy atom. The fraction of sp³-hybridized carbons (Fsp3) is 0.364. The lowest BCUT2D eigenvalue weighted by Gasteiger charge is -2.14. The van der Waals surface area contributed by atoms with E-state index in [1.807, 2.05) is 26.8 Å². The topological polar surface area (TPSA) is 44.6 Å². The Balaban J connectivity index is 0.000000921. The zero-order valence-corrected chi connectivity index (χ0v) is 9.70. The van der Waals surface area contributed by atoms with E-state index in [4.69, 9.17) is 0 Å². The summed E-state index contributed by atoms with van der Waals surface area (Å²) in [5.74, 6) is 0. The van der Waals surface area contributed by atoms with Crippen molar-refractivity contribution in [3.63, 3.8) is 0 Å². The fourth-order valence-electron chi connectivity index (χ4n) is 1.17. The molecule has 82 valence electrons. The van der Waals surface area contributed by atoms with Gasteiger partial charge in [0.15, 0.2) is 0 Å². The highest BCUT2D eigenvalue weighted by atomic mass is 16.2. The van der Waals surface area contributed by atoms with E-state index in [0.717, 1.165) is 17.5 Å². The van der Waals surface area contributed by atoms with Crippen LogP contribution in [0.15, 0.2) is 41.0 Å². The van der Waals surface area contributed by atoms with Crippen molar-refractivity contribution >= 4 is 13.3 Å². The van der Waals surface area contributed by atoms with Crippen molar-refractivity contribution in [1.29, 1.82) is 0 Å². The molecular formula is C11H19BN2O. The van der Waals surface area contributed by atoms with Crippen molar-refractivity contribution in [2.45, 2.75) is 27.2 Å². The predicted molar refractivity (Wildman–Crippen MR) is 67.6 cm³/mol. The molecule has 0 saturated carbocycles. The molecule has 0 radical (unpaired) electrons. The first kappa shape index (κ1) is 13.7. The van der Waals surface area contributed by atoms with Crippen LogP contribution in [-0.2, 0) is 0 Å². The third-order valence-electron chi connectivity index (χ3n) is 1.88. The molecule has 0 aromatic rings. The maximum absolute atomic E-state index is 9.53. The molecule has 0 aliphatic carbocycles. The normalized spacial score (nSPS) is 14.8. The standard InChI is InChI=1S/C9H13BN2O.C2H6/c1-3-5-6-9-8(4-2)7-11-12-10(9)13;1-2/h3,5-7,12-13H,1,4H2,2H3;1-2H3/b6-5-;. The minimum absolute atomic E-state index is 0.698. The van der Waals surface area contributed by atoms with Crippen LogP contribution in [0.2, 0.25) is 0 Å². The molecule has 1 rings (SSSR count). The van der Waals surface area contributed by atoms with Gasteiger partial charge >= 0.3 is 7.05 Å². The molecule has 1 aliphatic rings. The molecular weight excluding hydrogens is 187 g/mol. The van der Waals surface area contributed by atoms with Gasteiger partial charge in [-0.15, -0.1) is 0 Å². The largest absolute Gasteiger partial charge is 0.463 e. The molecule has 4 heteroatoms. The van der Waals surface area contributed by atoms with Gasteiger partial charge in [-0.25, -0.2) is 0 Å². The van der Waals surface area contributed by atoms with E-state index in [9.17, 15) is 5.02 Å². The molecule has 1 aliphatic heterocycles. The van der Waals surface area contributed by atoms with Gasteiger partial charge in [0, 0.05) is 6.21 Å². The lowest BCUT2D eigenvalue weighted by Crippen LogP contribution is -2.35. The Bertz CT molecular complexity index is 282. The average molecular weight is 206 g/mol. The highest BCUT2D eigenvalue weighted by Gasteiger charge is 2.20. The first-order valence-electron chi connectivity index (χ1n) is 5.28. The zero-order valence-electron chi connectivity index (χ0n) is 9.70. The Kier molecular flexibility index (Phi) is 7.37. The Labute approximate surface area is 92.4 Å². The van der Waals surface area contributed by atoms with Crippen molar-refractivity contribution in [3.8, 4) is 0 Å². The maximum Gasteiger partial charge on any atom is 0.463 e. The van der Waals surface area contributed by atoms with E-state index in [-0.39, 0.29) is 0 Å². The molecule has 0 bridgehead atoms. The van der Waals surface area contributed by atoms with Crippen LogP contribution in [0, 0.1) is 0 Å². The van der Waals surface area contributed by atoms with Crippen molar-refractivity contribution in [2.75, 3.05) is 0 Å². The molecule has 0 spiro atoms. The van der Waals surface area contributed by atoms with Gasteiger partial charge < -0.3 is 10.4 Å². The monoisotopic (exact) mass is 206 g/mol. The van der Waals surface area contributed by atoms with Gasteiger partial charge in [-0.3, -0.25) is 0 Å². The van der Waals surface area contributed by atoms with Crippen LogP contribution in [0.4, 0.5) is 0 Å². The van der Waals surface area contributed by atoms with Crippen LogP contribution in [0.25, 0.3) is 0 Å². The van der Waals surface area contributed by atoms with Gasteiger partial charge in [-0.1, -0.05) is 45.6 Å². The van der Waals surface area contributed by atoms with E-state index >= 15 is 0 Å². The van der Waals surface area contributed by atoms with E-state index in [2.05, 4.69) is 17.0 Å². The number of nitrogens with one attached hydrogen (secondary N) is 1. The van der Waals surface area contributed by atoms with Gasteiger partial charge in [0.1, 0.15) is 0 Å². The lowest BCUT2D eigenvalue weighted by molar-refractivity contribution is 0.560.